The molecule has 1 aromatic rings. The molecule has 1 N–H and O–H groups in total. The van der Waals surface area contributed by atoms with Gasteiger partial charge in [-0.3, -0.25) is 4.79 Å². The zero-order chi connectivity index (χ0) is 14.0. The summed E-state index contributed by atoms with van der Waals surface area (Å²) in [5, 5.41) is 3.09. The molecule has 19 heavy (non-hydrogen) atoms. The largest absolute Gasteiger partial charge is 0.350 e. The molecule has 0 bridgehead atoms. The Balaban J connectivity index is 2.11. The first-order valence-electron chi connectivity index (χ1n) is 7.29. The Labute approximate surface area is 115 Å². The summed E-state index contributed by atoms with van der Waals surface area (Å²) in [6, 6.07) is 0. The van der Waals surface area contributed by atoms with Crippen molar-refractivity contribution in [3.8, 4) is 0 Å². The summed E-state index contributed by atoms with van der Waals surface area (Å²) in [5.74, 6) is 1.05. The molecule has 1 aliphatic rings. The number of hydrogen-bond donors (Lipinski definition) is 1. The van der Waals surface area contributed by atoms with Gasteiger partial charge in [0.1, 0.15) is 12.4 Å². The number of fused-ring (bicyclic) bond motifs is 1. The number of nitrogens with zero attached hydrogens (tertiary/aromatic N) is 2. The van der Waals surface area contributed by atoms with Crippen LogP contribution < -0.4 is 5.32 Å². The number of nitrogens with one attached hydrogen (secondary N) is 1. The van der Waals surface area contributed by atoms with Crippen LogP contribution in [0.3, 0.4) is 0 Å². The Bertz CT molecular complexity index is 474. The van der Waals surface area contributed by atoms with E-state index >= 15 is 0 Å². The molecule has 4 nitrogen and oxygen atoms in total. The predicted octanol–water partition coefficient (Wildman–Crippen LogP) is 2.38. The number of hydrogen-bond acceptors (Lipinski definition) is 2. The lowest BCUT2D eigenvalue weighted by Crippen LogP contribution is -2.44. The monoisotopic (exact) mass is 263 g/mol. The Morgan fingerprint density at radius 2 is 2.05 bits per heavy atom. The molecule has 2 rings (SSSR count). The van der Waals surface area contributed by atoms with E-state index in [9.17, 15) is 4.79 Å². The predicted molar refractivity (Wildman–Crippen MR) is 76.1 cm³/mol. The molecule has 0 unspecified atom stereocenters. The zero-order valence-electron chi connectivity index (χ0n) is 12.5. The lowest BCUT2D eigenvalue weighted by Gasteiger charge is -2.25. The fourth-order valence-corrected chi connectivity index (χ4v) is 2.59. The molecule has 1 heterocycles. The van der Waals surface area contributed by atoms with Gasteiger partial charge in [0.15, 0.2) is 0 Å². The first kappa shape index (κ1) is 14.1. The highest BCUT2D eigenvalue weighted by molar-refractivity contribution is 5.76. The highest BCUT2D eigenvalue weighted by atomic mass is 16.2. The summed E-state index contributed by atoms with van der Waals surface area (Å²) < 4.78 is 2.09. The van der Waals surface area contributed by atoms with Crippen molar-refractivity contribution in [2.24, 2.45) is 0 Å². The molecule has 1 aromatic heterocycles. The van der Waals surface area contributed by atoms with Gasteiger partial charge in [-0.2, -0.15) is 0 Å². The normalized spacial score (nSPS) is 15.2. The third-order valence-corrected chi connectivity index (χ3v) is 4.09. The van der Waals surface area contributed by atoms with Gasteiger partial charge in [-0.05, 0) is 52.9 Å². The fraction of sp³-hybridized carbons (Fsp3) is 0.733. The summed E-state index contributed by atoms with van der Waals surface area (Å²) in [6.45, 7) is 8.60. The van der Waals surface area contributed by atoms with Crippen molar-refractivity contribution in [1.82, 2.24) is 14.9 Å². The minimum Gasteiger partial charge on any atom is -0.350 e. The Kier molecular flexibility index (Phi) is 3.97. The lowest BCUT2D eigenvalue weighted by molar-refractivity contribution is -0.123. The van der Waals surface area contributed by atoms with Gasteiger partial charge in [0.25, 0.3) is 0 Å². The van der Waals surface area contributed by atoms with Crippen molar-refractivity contribution in [1.29, 1.82) is 0 Å². The molecule has 106 valence electrons. The zero-order valence-corrected chi connectivity index (χ0v) is 12.5. The molecule has 0 aliphatic heterocycles. The summed E-state index contributed by atoms with van der Waals surface area (Å²) in [6.07, 6.45) is 5.48. The van der Waals surface area contributed by atoms with E-state index < -0.39 is 0 Å². The smallest absolute Gasteiger partial charge is 0.240 e. The minimum atomic E-state index is -0.133. The van der Waals surface area contributed by atoms with E-state index in [4.69, 9.17) is 0 Å². The van der Waals surface area contributed by atoms with Gasteiger partial charge in [0.05, 0.1) is 5.69 Å². The molecular formula is C15H25N3O. The van der Waals surface area contributed by atoms with Gasteiger partial charge in [-0.1, -0.05) is 6.92 Å². The summed E-state index contributed by atoms with van der Waals surface area (Å²) in [7, 11) is 0. The van der Waals surface area contributed by atoms with Gasteiger partial charge in [0.2, 0.25) is 5.91 Å². The van der Waals surface area contributed by atoms with E-state index in [1.54, 1.807) is 0 Å². The summed E-state index contributed by atoms with van der Waals surface area (Å²) in [5.41, 5.74) is 2.34. The van der Waals surface area contributed by atoms with E-state index in [0.29, 0.717) is 6.54 Å². The first-order chi connectivity index (χ1) is 8.93. The van der Waals surface area contributed by atoms with Crippen LogP contribution in [0.15, 0.2) is 0 Å². The molecule has 1 aliphatic carbocycles. The lowest BCUT2D eigenvalue weighted by atomic mass is 10.0. The second-order valence-corrected chi connectivity index (χ2v) is 6.13. The number of carbonyl (C=O) groups excluding carboxylic acids is 1. The van der Waals surface area contributed by atoms with E-state index in [0.717, 1.165) is 25.1 Å². The maximum atomic E-state index is 12.2. The van der Waals surface area contributed by atoms with Crippen molar-refractivity contribution in [3.05, 3.63) is 17.2 Å². The van der Waals surface area contributed by atoms with Crippen LogP contribution in [-0.2, 0) is 24.2 Å². The van der Waals surface area contributed by atoms with Crippen LogP contribution in [0, 0.1) is 6.92 Å². The summed E-state index contributed by atoms with van der Waals surface area (Å²) >= 11 is 0. The Morgan fingerprint density at radius 1 is 1.37 bits per heavy atom. The number of aromatic nitrogens is 2. The van der Waals surface area contributed by atoms with E-state index in [1.807, 2.05) is 6.92 Å². The maximum Gasteiger partial charge on any atom is 0.240 e. The van der Waals surface area contributed by atoms with Crippen molar-refractivity contribution < 1.29 is 4.79 Å². The summed E-state index contributed by atoms with van der Waals surface area (Å²) in [4.78, 5) is 16.8. The van der Waals surface area contributed by atoms with Crippen LogP contribution in [0.1, 0.15) is 57.2 Å². The highest BCUT2D eigenvalue weighted by Gasteiger charge is 2.22. The van der Waals surface area contributed by atoms with Crippen LogP contribution in [0.5, 0.6) is 0 Å². The van der Waals surface area contributed by atoms with Crippen molar-refractivity contribution >= 4 is 5.91 Å². The molecule has 0 saturated heterocycles. The number of amides is 1. The average molecular weight is 263 g/mol. The van der Waals surface area contributed by atoms with Crippen molar-refractivity contribution in [2.75, 3.05) is 0 Å². The highest BCUT2D eigenvalue weighted by Crippen LogP contribution is 2.22. The van der Waals surface area contributed by atoms with E-state index in [-0.39, 0.29) is 11.4 Å². The Hall–Kier alpha value is -1.32. The second kappa shape index (κ2) is 5.35. The average Bonchev–Trinajstić information content (AvgIpc) is 2.66. The molecule has 0 fully saturated rings. The molecular weight excluding hydrogens is 238 g/mol. The number of imidazole rings is 1. The van der Waals surface area contributed by atoms with E-state index in [1.165, 1.54) is 24.2 Å². The van der Waals surface area contributed by atoms with Crippen molar-refractivity contribution in [2.45, 2.75) is 71.9 Å². The SMILES string of the molecule is CCC(C)(C)NC(=O)Cn1c(C)nc2c1CCCC2. The van der Waals surface area contributed by atoms with Crippen LogP contribution in [0.4, 0.5) is 0 Å². The molecule has 1 amide bonds. The standard InChI is InChI=1S/C15H25N3O/c1-5-15(3,4)17-14(19)10-18-11(2)16-12-8-6-7-9-13(12)18/h5-10H2,1-4H3,(H,17,19). The van der Waals surface area contributed by atoms with Gasteiger partial charge >= 0.3 is 0 Å². The van der Waals surface area contributed by atoms with Gasteiger partial charge in [-0.25, -0.2) is 4.98 Å². The van der Waals surface area contributed by atoms with Crippen LogP contribution in [0.2, 0.25) is 0 Å². The van der Waals surface area contributed by atoms with Gasteiger partial charge in [0, 0.05) is 11.2 Å². The minimum absolute atomic E-state index is 0.0840. The first-order valence-corrected chi connectivity index (χ1v) is 7.29. The van der Waals surface area contributed by atoms with Crippen LogP contribution in [-0.4, -0.2) is 21.0 Å². The quantitative estimate of drug-likeness (QED) is 0.906. The molecule has 0 radical (unpaired) electrons. The molecule has 0 atom stereocenters. The molecule has 0 spiro atoms. The van der Waals surface area contributed by atoms with Gasteiger partial charge in [-0.15, -0.1) is 0 Å². The number of carbonyl (C=O) groups is 1. The molecule has 4 heteroatoms. The second-order valence-electron chi connectivity index (χ2n) is 6.13. The number of aryl methyl sites for hydroxylation is 2. The van der Waals surface area contributed by atoms with Crippen molar-refractivity contribution in [3.63, 3.8) is 0 Å². The molecule has 0 aromatic carbocycles. The topological polar surface area (TPSA) is 46.9 Å². The Morgan fingerprint density at radius 3 is 2.74 bits per heavy atom. The van der Waals surface area contributed by atoms with Crippen LogP contribution in [0.25, 0.3) is 0 Å². The van der Waals surface area contributed by atoms with Gasteiger partial charge < -0.3 is 9.88 Å². The fourth-order valence-electron chi connectivity index (χ4n) is 2.59. The van der Waals surface area contributed by atoms with E-state index in [2.05, 4.69) is 35.6 Å². The third kappa shape index (κ3) is 3.17. The van der Waals surface area contributed by atoms with Crippen LogP contribution >= 0.6 is 0 Å². The number of rotatable bonds is 4. The molecule has 0 saturated carbocycles. The maximum absolute atomic E-state index is 12.2. The third-order valence-electron chi connectivity index (χ3n) is 4.09.